The topological polar surface area (TPSA) is 105 Å². The molecule has 0 aliphatic carbocycles. The number of nitro groups is 1. The van der Waals surface area contributed by atoms with Gasteiger partial charge in [-0.15, -0.1) is 0 Å². The predicted molar refractivity (Wildman–Crippen MR) is 98.0 cm³/mol. The number of carbonyl (C=O) groups is 2. The fourth-order valence-electron chi connectivity index (χ4n) is 2.93. The van der Waals surface area contributed by atoms with Crippen molar-refractivity contribution in [2.24, 2.45) is 0 Å². The van der Waals surface area contributed by atoms with Gasteiger partial charge in [0.15, 0.2) is 0 Å². The second-order valence-corrected chi connectivity index (χ2v) is 6.42. The second-order valence-electron chi connectivity index (χ2n) is 6.42. The summed E-state index contributed by atoms with van der Waals surface area (Å²) in [5, 5.41) is 16.1. The number of hydrogen-bond acceptors (Lipinski definition) is 5. The molecule has 0 radical (unpaired) electrons. The fourth-order valence-corrected chi connectivity index (χ4v) is 2.93. The van der Waals surface area contributed by atoms with Gasteiger partial charge in [-0.3, -0.25) is 19.7 Å². The van der Waals surface area contributed by atoms with Crippen LogP contribution in [0.5, 0.6) is 0 Å². The third kappa shape index (κ3) is 6.79. The van der Waals surface area contributed by atoms with Gasteiger partial charge in [0.05, 0.1) is 4.92 Å². The molecule has 0 unspecified atom stereocenters. The second kappa shape index (κ2) is 10.5. The van der Waals surface area contributed by atoms with Crippen LogP contribution in [-0.2, 0) is 4.79 Å². The van der Waals surface area contributed by atoms with Gasteiger partial charge in [0.25, 0.3) is 11.6 Å². The van der Waals surface area contributed by atoms with Gasteiger partial charge in [-0.1, -0.05) is 6.42 Å². The van der Waals surface area contributed by atoms with Gasteiger partial charge in [0.1, 0.15) is 0 Å². The van der Waals surface area contributed by atoms with Crippen molar-refractivity contribution in [1.82, 2.24) is 15.5 Å². The molecule has 26 heavy (non-hydrogen) atoms. The third-order valence-electron chi connectivity index (χ3n) is 4.40. The highest BCUT2D eigenvalue weighted by Gasteiger charge is 2.11. The normalized spacial score (nSPS) is 14.6. The fraction of sp³-hybridized carbons (Fsp3) is 0.556. The highest BCUT2D eigenvalue weighted by molar-refractivity contribution is 5.94. The summed E-state index contributed by atoms with van der Waals surface area (Å²) >= 11 is 0. The Labute approximate surface area is 153 Å². The average molecular weight is 362 g/mol. The van der Waals surface area contributed by atoms with Crippen molar-refractivity contribution in [3.8, 4) is 0 Å². The average Bonchev–Trinajstić information content (AvgIpc) is 2.66. The number of amides is 2. The van der Waals surface area contributed by atoms with Crippen LogP contribution in [0.25, 0.3) is 0 Å². The van der Waals surface area contributed by atoms with Crippen molar-refractivity contribution in [3.05, 3.63) is 39.9 Å². The Morgan fingerprint density at radius 3 is 2.38 bits per heavy atom. The van der Waals surface area contributed by atoms with Gasteiger partial charge < -0.3 is 15.5 Å². The number of carbonyl (C=O) groups excluding carboxylic acids is 2. The lowest BCUT2D eigenvalue weighted by atomic mass is 10.1. The molecule has 1 saturated heterocycles. The molecule has 1 fully saturated rings. The van der Waals surface area contributed by atoms with Crippen LogP contribution < -0.4 is 10.6 Å². The summed E-state index contributed by atoms with van der Waals surface area (Å²) in [5.74, 6) is -0.439. The van der Waals surface area contributed by atoms with Crippen LogP contribution in [0.2, 0.25) is 0 Å². The molecule has 8 nitrogen and oxygen atoms in total. The van der Waals surface area contributed by atoms with Crippen LogP contribution in [0.3, 0.4) is 0 Å². The minimum absolute atomic E-state index is 0.0644. The third-order valence-corrected chi connectivity index (χ3v) is 4.40. The van der Waals surface area contributed by atoms with Crippen LogP contribution in [0.1, 0.15) is 42.5 Å². The SMILES string of the molecule is O=C(CCNC(=O)c1ccc([N+](=O)[O-])cc1)NCCCN1CCCCC1. The highest BCUT2D eigenvalue weighted by atomic mass is 16.6. The first-order chi connectivity index (χ1) is 12.6. The summed E-state index contributed by atoms with van der Waals surface area (Å²) in [6.07, 6.45) is 4.99. The van der Waals surface area contributed by atoms with Crippen molar-refractivity contribution < 1.29 is 14.5 Å². The quantitative estimate of drug-likeness (QED) is 0.395. The van der Waals surface area contributed by atoms with Gasteiger partial charge in [-0.2, -0.15) is 0 Å². The summed E-state index contributed by atoms with van der Waals surface area (Å²) in [5.41, 5.74) is 0.267. The Morgan fingerprint density at radius 2 is 1.73 bits per heavy atom. The maximum absolute atomic E-state index is 11.9. The molecule has 0 bridgehead atoms. The molecule has 1 aliphatic rings. The Morgan fingerprint density at radius 1 is 1.04 bits per heavy atom. The number of hydrogen-bond donors (Lipinski definition) is 2. The van der Waals surface area contributed by atoms with Crippen molar-refractivity contribution in [3.63, 3.8) is 0 Å². The number of non-ortho nitro benzene ring substituents is 1. The lowest BCUT2D eigenvalue weighted by Gasteiger charge is -2.26. The molecule has 1 aromatic carbocycles. The Balaban J connectivity index is 1.57. The molecule has 1 aromatic rings. The summed E-state index contributed by atoms with van der Waals surface area (Å²) < 4.78 is 0. The number of nitrogens with one attached hydrogen (secondary N) is 2. The summed E-state index contributed by atoms with van der Waals surface area (Å²) in [6.45, 7) is 4.20. The van der Waals surface area contributed by atoms with Crippen LogP contribution in [0.15, 0.2) is 24.3 Å². The van der Waals surface area contributed by atoms with E-state index in [1.165, 1.54) is 43.5 Å². The molecule has 2 amide bonds. The molecule has 142 valence electrons. The van der Waals surface area contributed by atoms with Gasteiger partial charge >= 0.3 is 0 Å². The lowest BCUT2D eigenvalue weighted by molar-refractivity contribution is -0.384. The molecule has 0 atom stereocenters. The molecule has 2 rings (SSSR count). The number of nitrogens with zero attached hydrogens (tertiary/aromatic N) is 2. The highest BCUT2D eigenvalue weighted by Crippen LogP contribution is 2.11. The van der Waals surface area contributed by atoms with Crippen molar-refractivity contribution in [2.45, 2.75) is 32.1 Å². The Bertz CT molecular complexity index is 612. The van der Waals surface area contributed by atoms with Gasteiger partial charge in [-0.25, -0.2) is 0 Å². The van der Waals surface area contributed by atoms with Crippen LogP contribution >= 0.6 is 0 Å². The zero-order chi connectivity index (χ0) is 18.8. The van der Waals surface area contributed by atoms with Crippen molar-refractivity contribution in [2.75, 3.05) is 32.7 Å². The number of benzene rings is 1. The zero-order valence-electron chi connectivity index (χ0n) is 14.9. The maximum Gasteiger partial charge on any atom is 0.269 e. The predicted octanol–water partition coefficient (Wildman–Crippen LogP) is 1.71. The van der Waals surface area contributed by atoms with Crippen molar-refractivity contribution >= 4 is 17.5 Å². The van der Waals surface area contributed by atoms with E-state index in [4.69, 9.17) is 0 Å². The molecule has 8 heteroatoms. The van der Waals surface area contributed by atoms with E-state index in [0.717, 1.165) is 26.1 Å². The maximum atomic E-state index is 11.9. The van der Waals surface area contributed by atoms with Crippen LogP contribution in [0.4, 0.5) is 5.69 Å². The standard InChI is InChI=1S/C18H26N4O4/c23-17(19-10-4-14-21-12-2-1-3-13-21)9-11-20-18(24)15-5-7-16(8-6-15)22(25)26/h5-8H,1-4,9-14H2,(H,19,23)(H,20,24). The van der Waals surface area contributed by atoms with E-state index in [1.807, 2.05) is 0 Å². The largest absolute Gasteiger partial charge is 0.356 e. The van der Waals surface area contributed by atoms with E-state index < -0.39 is 4.92 Å². The zero-order valence-corrected chi connectivity index (χ0v) is 14.9. The smallest absolute Gasteiger partial charge is 0.269 e. The summed E-state index contributed by atoms with van der Waals surface area (Å²) in [6, 6.07) is 5.36. The molecule has 1 aliphatic heterocycles. The summed E-state index contributed by atoms with van der Waals surface area (Å²) in [4.78, 5) is 36.2. The molecular weight excluding hydrogens is 336 g/mol. The molecular formula is C18H26N4O4. The van der Waals surface area contributed by atoms with E-state index in [9.17, 15) is 19.7 Å². The van der Waals surface area contributed by atoms with E-state index in [-0.39, 0.29) is 30.5 Å². The number of nitro benzene ring substituents is 1. The van der Waals surface area contributed by atoms with Gasteiger partial charge in [-0.05, 0) is 51.0 Å². The molecule has 0 spiro atoms. The van der Waals surface area contributed by atoms with Gasteiger partial charge in [0, 0.05) is 37.2 Å². The molecule has 0 saturated carbocycles. The first-order valence-corrected chi connectivity index (χ1v) is 9.08. The van der Waals surface area contributed by atoms with Crippen LogP contribution in [-0.4, -0.2) is 54.4 Å². The van der Waals surface area contributed by atoms with E-state index in [1.54, 1.807) is 0 Å². The van der Waals surface area contributed by atoms with Crippen LogP contribution in [0, 0.1) is 10.1 Å². The van der Waals surface area contributed by atoms with E-state index >= 15 is 0 Å². The Hall–Kier alpha value is -2.48. The van der Waals surface area contributed by atoms with Crippen molar-refractivity contribution in [1.29, 1.82) is 0 Å². The summed E-state index contributed by atoms with van der Waals surface area (Å²) in [7, 11) is 0. The molecule has 0 aromatic heterocycles. The van der Waals surface area contributed by atoms with Gasteiger partial charge in [0.2, 0.25) is 5.91 Å². The first kappa shape index (κ1) is 19.8. The number of rotatable bonds is 9. The minimum atomic E-state index is -0.517. The molecule has 1 heterocycles. The number of piperidine rings is 1. The lowest BCUT2D eigenvalue weighted by Crippen LogP contribution is -2.34. The number of likely N-dealkylation sites (tertiary alicyclic amines) is 1. The first-order valence-electron chi connectivity index (χ1n) is 9.08. The Kier molecular flexibility index (Phi) is 8.01. The minimum Gasteiger partial charge on any atom is -0.356 e. The van der Waals surface area contributed by atoms with E-state index in [2.05, 4.69) is 15.5 Å². The van der Waals surface area contributed by atoms with E-state index in [0.29, 0.717) is 12.1 Å². The monoisotopic (exact) mass is 362 g/mol. The molecule has 2 N–H and O–H groups in total.